The van der Waals surface area contributed by atoms with Gasteiger partial charge in [-0.05, 0) is 50.6 Å². The number of nitrogens with two attached hydrogens (primary N) is 2. The van der Waals surface area contributed by atoms with Gasteiger partial charge in [0.25, 0.3) is 5.91 Å². The number of ketones is 2. The van der Waals surface area contributed by atoms with Crippen LogP contribution in [-0.2, 0) is 20.8 Å². The molecule has 1 amide bonds. The number of carbonyl (C=O) groups is 3. The smallest absolute Gasteiger partial charge is 0.256 e. The van der Waals surface area contributed by atoms with Gasteiger partial charge in [0.1, 0.15) is 28.5 Å². The SMILES string of the molecule is CN(C)c1ccc(O)c2c1C[C@H]1C[C@@H]3[C@@](O)(C(=O)C(C(N)=O)=C(O)[C@@]3(N)N(C)C)C(=O)C1=C2O.Cl. The van der Waals surface area contributed by atoms with E-state index in [0.717, 1.165) is 0 Å². The van der Waals surface area contributed by atoms with Crippen molar-refractivity contribution in [2.24, 2.45) is 23.3 Å². The number of phenols is 1. The van der Waals surface area contributed by atoms with E-state index in [-0.39, 0.29) is 42.1 Å². The van der Waals surface area contributed by atoms with Crippen molar-refractivity contribution in [2.45, 2.75) is 24.1 Å². The van der Waals surface area contributed by atoms with E-state index < -0.39 is 57.7 Å². The van der Waals surface area contributed by atoms with E-state index in [2.05, 4.69) is 0 Å². The number of nitrogens with zero attached hydrogens (tertiary/aromatic N) is 2. The Balaban J connectivity index is 0.00000342. The van der Waals surface area contributed by atoms with Crippen LogP contribution < -0.4 is 16.4 Å². The molecule has 35 heavy (non-hydrogen) atoms. The standard InChI is InChI=1S/C23H28N4O7.ClH/c1-26(2)11-5-6-12(28)15-10(11)7-9-8-13-22(34,18(30)14(9)17(15)29)19(31)16(21(24)33)20(32)23(13,25)27(3)4;/h5-6,9,13,28-29,32,34H,7-8,25H2,1-4H3,(H2,24,33);1H/t9-,13+,22-,23-;/m0./s1. The van der Waals surface area contributed by atoms with Gasteiger partial charge in [-0.3, -0.25) is 19.3 Å². The Morgan fingerprint density at radius 1 is 1.09 bits per heavy atom. The summed E-state index contributed by atoms with van der Waals surface area (Å²) >= 11 is 0. The average Bonchev–Trinajstić information content (AvgIpc) is 2.73. The highest BCUT2D eigenvalue weighted by Crippen LogP contribution is 2.54. The lowest BCUT2D eigenvalue weighted by Crippen LogP contribution is -2.75. The number of halogens is 1. The molecule has 0 heterocycles. The van der Waals surface area contributed by atoms with E-state index >= 15 is 0 Å². The van der Waals surface area contributed by atoms with E-state index in [9.17, 15) is 34.8 Å². The molecule has 0 saturated heterocycles. The summed E-state index contributed by atoms with van der Waals surface area (Å²) in [7, 11) is 6.52. The van der Waals surface area contributed by atoms with Crippen molar-refractivity contribution >= 4 is 41.3 Å². The van der Waals surface area contributed by atoms with Crippen LogP contribution in [-0.4, -0.2) is 82.3 Å². The van der Waals surface area contributed by atoms with Crippen LogP contribution in [0.1, 0.15) is 17.5 Å². The van der Waals surface area contributed by atoms with Gasteiger partial charge in [-0.15, -0.1) is 12.4 Å². The van der Waals surface area contributed by atoms with E-state index in [0.29, 0.717) is 11.3 Å². The number of Topliss-reactive ketones (excluding diaryl/α,β-unsaturated/α-hetero) is 2. The number of amides is 1. The third-order valence-corrected chi connectivity index (χ3v) is 7.42. The Morgan fingerprint density at radius 2 is 1.69 bits per heavy atom. The molecule has 1 aromatic carbocycles. The van der Waals surface area contributed by atoms with Crippen molar-refractivity contribution in [2.75, 3.05) is 33.1 Å². The molecule has 12 heteroatoms. The normalized spacial score (nSPS) is 29.9. The molecule has 0 unspecified atom stereocenters. The first-order valence-electron chi connectivity index (χ1n) is 10.7. The summed E-state index contributed by atoms with van der Waals surface area (Å²) in [4.78, 5) is 42.2. The molecular weight excluding hydrogens is 480 g/mol. The maximum absolute atomic E-state index is 13.8. The minimum absolute atomic E-state index is 0. The minimum Gasteiger partial charge on any atom is -0.508 e. The van der Waals surface area contributed by atoms with Crippen LogP contribution in [0.2, 0.25) is 0 Å². The number of aromatic hydroxyl groups is 1. The number of phenolic OH excluding ortho intramolecular Hbond substituents is 1. The second-order valence-electron chi connectivity index (χ2n) is 9.54. The molecule has 4 atom stereocenters. The van der Waals surface area contributed by atoms with Crippen molar-refractivity contribution < 1.29 is 34.8 Å². The predicted molar refractivity (Wildman–Crippen MR) is 129 cm³/mol. The molecule has 1 fully saturated rings. The van der Waals surface area contributed by atoms with Crippen LogP contribution in [0.3, 0.4) is 0 Å². The molecule has 3 aliphatic rings. The lowest BCUT2D eigenvalue weighted by molar-refractivity contribution is -0.168. The maximum Gasteiger partial charge on any atom is 0.256 e. The second kappa shape index (κ2) is 8.23. The van der Waals surface area contributed by atoms with Crippen LogP contribution in [0.4, 0.5) is 5.69 Å². The first-order valence-corrected chi connectivity index (χ1v) is 10.7. The Morgan fingerprint density at radius 3 is 2.20 bits per heavy atom. The molecule has 190 valence electrons. The van der Waals surface area contributed by atoms with Crippen LogP contribution in [0, 0.1) is 11.8 Å². The van der Waals surface area contributed by atoms with Crippen molar-refractivity contribution in [3.63, 3.8) is 0 Å². The fourth-order valence-electron chi connectivity index (χ4n) is 5.68. The number of aliphatic hydroxyl groups excluding tert-OH is 2. The van der Waals surface area contributed by atoms with Crippen molar-refractivity contribution in [3.8, 4) is 5.75 Å². The summed E-state index contributed by atoms with van der Waals surface area (Å²) in [5.74, 6) is -7.54. The molecule has 0 aliphatic heterocycles. The Bertz CT molecular complexity index is 1220. The Labute approximate surface area is 207 Å². The number of rotatable bonds is 3. The van der Waals surface area contributed by atoms with Gasteiger partial charge in [0.05, 0.1) is 5.56 Å². The molecule has 1 saturated carbocycles. The van der Waals surface area contributed by atoms with E-state index in [1.807, 2.05) is 0 Å². The van der Waals surface area contributed by atoms with Crippen LogP contribution >= 0.6 is 12.4 Å². The van der Waals surface area contributed by atoms with Crippen LogP contribution in [0.15, 0.2) is 29.0 Å². The van der Waals surface area contributed by atoms with Gasteiger partial charge in [-0.2, -0.15) is 0 Å². The highest BCUT2D eigenvalue weighted by atomic mass is 35.5. The van der Waals surface area contributed by atoms with Crippen molar-refractivity contribution in [3.05, 3.63) is 40.2 Å². The van der Waals surface area contributed by atoms with Gasteiger partial charge < -0.3 is 36.8 Å². The summed E-state index contributed by atoms with van der Waals surface area (Å²) in [6, 6.07) is 3.06. The zero-order chi connectivity index (χ0) is 25.5. The maximum atomic E-state index is 13.8. The number of hydrogen-bond donors (Lipinski definition) is 6. The molecule has 4 rings (SSSR count). The van der Waals surface area contributed by atoms with Gasteiger partial charge in [0.15, 0.2) is 5.60 Å². The fourth-order valence-corrected chi connectivity index (χ4v) is 5.68. The molecule has 3 aliphatic carbocycles. The van der Waals surface area contributed by atoms with E-state index in [1.54, 1.807) is 25.1 Å². The first kappa shape index (κ1) is 26.5. The van der Waals surface area contributed by atoms with Crippen LogP contribution in [0.5, 0.6) is 5.75 Å². The van der Waals surface area contributed by atoms with Gasteiger partial charge >= 0.3 is 0 Å². The highest BCUT2D eigenvalue weighted by molar-refractivity contribution is 6.33. The molecule has 0 aromatic heterocycles. The lowest BCUT2D eigenvalue weighted by atomic mass is 9.55. The second-order valence-corrected chi connectivity index (χ2v) is 9.54. The number of aliphatic hydroxyl groups is 3. The molecule has 1 aromatic rings. The van der Waals surface area contributed by atoms with Crippen molar-refractivity contribution in [1.82, 2.24) is 4.90 Å². The quantitative estimate of drug-likeness (QED) is 0.180. The molecule has 0 spiro atoms. The zero-order valence-electron chi connectivity index (χ0n) is 19.7. The van der Waals surface area contributed by atoms with Gasteiger partial charge in [-0.25, -0.2) is 0 Å². The lowest BCUT2D eigenvalue weighted by Gasteiger charge is -2.54. The minimum atomic E-state index is -2.86. The third kappa shape index (κ3) is 3.19. The zero-order valence-corrected chi connectivity index (χ0v) is 20.5. The first-order chi connectivity index (χ1) is 15.7. The summed E-state index contributed by atoms with van der Waals surface area (Å²) < 4.78 is 0. The Hall–Kier alpha value is -3.12. The average molecular weight is 509 g/mol. The number of benzene rings is 1. The number of likely N-dealkylation sites (N-methyl/N-ethyl adjacent to an activating group) is 1. The number of primary amides is 1. The number of carbonyl (C=O) groups excluding carboxylic acids is 3. The molecule has 0 bridgehead atoms. The van der Waals surface area contributed by atoms with Crippen LogP contribution in [0.25, 0.3) is 5.76 Å². The number of fused-ring (bicyclic) bond motifs is 3. The van der Waals surface area contributed by atoms with Gasteiger partial charge in [-0.1, -0.05) is 0 Å². The summed E-state index contributed by atoms with van der Waals surface area (Å²) in [5, 5.41) is 44.1. The van der Waals surface area contributed by atoms with E-state index in [4.69, 9.17) is 11.5 Å². The topological polar surface area (TPSA) is 191 Å². The molecule has 11 nitrogen and oxygen atoms in total. The summed E-state index contributed by atoms with van der Waals surface area (Å²) in [6.45, 7) is 0. The fraction of sp³-hybridized carbons (Fsp3) is 0.435. The Kier molecular flexibility index (Phi) is 6.23. The third-order valence-electron chi connectivity index (χ3n) is 7.42. The van der Waals surface area contributed by atoms with E-state index in [1.165, 1.54) is 25.1 Å². The van der Waals surface area contributed by atoms with Gasteiger partial charge in [0, 0.05) is 31.3 Å². The molecule has 8 N–H and O–H groups in total. The predicted octanol–water partition coefficient (Wildman–Crippen LogP) is -0.262. The molecular formula is C23H29ClN4O7. The van der Waals surface area contributed by atoms with Crippen molar-refractivity contribution in [1.29, 1.82) is 0 Å². The number of hydrogen-bond acceptors (Lipinski definition) is 10. The van der Waals surface area contributed by atoms with Gasteiger partial charge in [0.2, 0.25) is 11.6 Å². The molecule has 0 radical (unpaired) electrons. The summed E-state index contributed by atoms with van der Waals surface area (Å²) in [5.41, 5.74) is 7.11. The monoisotopic (exact) mass is 508 g/mol. The highest BCUT2D eigenvalue weighted by Gasteiger charge is 2.69. The number of anilines is 1. The largest absolute Gasteiger partial charge is 0.508 e. The summed E-state index contributed by atoms with van der Waals surface area (Å²) in [6.07, 6.45) is 0.111.